The van der Waals surface area contributed by atoms with Crippen LogP contribution in [0.1, 0.15) is 42.7 Å². The van der Waals surface area contributed by atoms with E-state index in [1.54, 1.807) is 0 Å². The van der Waals surface area contributed by atoms with Crippen LogP contribution in [0.4, 0.5) is 4.79 Å². The van der Waals surface area contributed by atoms with Gasteiger partial charge in [0.25, 0.3) is 0 Å². The highest BCUT2D eigenvalue weighted by molar-refractivity contribution is 5.89. The van der Waals surface area contributed by atoms with E-state index in [-0.39, 0.29) is 25.5 Å². The predicted octanol–water partition coefficient (Wildman–Crippen LogP) is 3.05. The minimum absolute atomic E-state index is 0.0321. The van der Waals surface area contributed by atoms with Gasteiger partial charge in [0, 0.05) is 26.0 Å². The Labute approximate surface area is 192 Å². The Kier molecular flexibility index (Phi) is 6.65. The maximum atomic E-state index is 12.5. The fraction of sp³-hybridized carbons (Fsp3) is 0.400. The molecule has 33 heavy (non-hydrogen) atoms. The summed E-state index contributed by atoms with van der Waals surface area (Å²) < 4.78 is 10.7. The summed E-state index contributed by atoms with van der Waals surface area (Å²) in [7, 11) is 1.38. The number of benzene rings is 2. The number of fused-ring (bicyclic) bond motifs is 3. The molecule has 2 aromatic carbocycles. The lowest BCUT2D eigenvalue weighted by Gasteiger charge is -2.39. The zero-order valence-electron chi connectivity index (χ0n) is 18.5. The Hall–Kier alpha value is -3.39. The van der Waals surface area contributed by atoms with Crippen molar-refractivity contribution in [1.29, 1.82) is 0 Å². The Morgan fingerprint density at radius 1 is 1.06 bits per heavy atom. The van der Waals surface area contributed by atoms with Gasteiger partial charge in [-0.2, -0.15) is 0 Å². The highest BCUT2D eigenvalue weighted by Gasteiger charge is 2.46. The molecule has 1 unspecified atom stereocenters. The lowest BCUT2D eigenvalue weighted by Crippen LogP contribution is -2.61. The van der Waals surface area contributed by atoms with Crippen LogP contribution in [0.25, 0.3) is 11.1 Å². The predicted molar refractivity (Wildman–Crippen MR) is 121 cm³/mol. The highest BCUT2D eigenvalue weighted by atomic mass is 16.5. The number of rotatable bonds is 9. The molecule has 1 atom stereocenters. The van der Waals surface area contributed by atoms with Crippen LogP contribution in [0.2, 0.25) is 0 Å². The van der Waals surface area contributed by atoms with Crippen molar-refractivity contribution in [3.63, 3.8) is 0 Å². The molecule has 0 spiro atoms. The lowest BCUT2D eigenvalue weighted by molar-refractivity contribution is -0.153. The summed E-state index contributed by atoms with van der Waals surface area (Å²) in [6.45, 7) is 0.359. The second-order valence-corrected chi connectivity index (χ2v) is 8.50. The third-order valence-electron chi connectivity index (χ3n) is 6.58. The Bertz CT molecular complexity index is 1000. The molecule has 0 bridgehead atoms. The molecule has 8 nitrogen and oxygen atoms in total. The monoisotopic (exact) mass is 452 g/mol. The first kappa shape index (κ1) is 22.8. The molecule has 0 radical (unpaired) electrons. The van der Waals surface area contributed by atoms with Gasteiger partial charge >= 0.3 is 12.1 Å². The number of carboxylic acid groups (broad SMARTS) is 1. The second-order valence-electron chi connectivity index (χ2n) is 8.50. The average molecular weight is 453 g/mol. The van der Waals surface area contributed by atoms with Crippen molar-refractivity contribution in [2.24, 2.45) is 0 Å². The number of nitrogens with one attached hydrogen (secondary N) is 2. The molecule has 0 aliphatic heterocycles. The van der Waals surface area contributed by atoms with Crippen LogP contribution in [0.3, 0.4) is 0 Å². The van der Waals surface area contributed by atoms with E-state index in [1.165, 1.54) is 7.11 Å². The number of carboxylic acids is 1. The molecule has 174 valence electrons. The van der Waals surface area contributed by atoms with Crippen molar-refractivity contribution in [2.75, 3.05) is 20.3 Å². The van der Waals surface area contributed by atoms with Gasteiger partial charge in [-0.1, -0.05) is 48.5 Å². The van der Waals surface area contributed by atoms with Gasteiger partial charge in [0.05, 0.1) is 0 Å². The standard InChI is InChI=1S/C25H28N2O6/c1-32-21(22(28)27-25(23(29)30)12-6-13-25)11-14-26-24(31)33-15-20-18-9-4-2-7-16(18)17-8-3-5-10-19(17)20/h2-5,7-10,20-21H,6,11-15H2,1H3,(H,26,31)(H,27,28)(H,29,30). The van der Waals surface area contributed by atoms with Crippen molar-refractivity contribution in [3.8, 4) is 11.1 Å². The van der Waals surface area contributed by atoms with Gasteiger partial charge in [-0.05, 0) is 41.5 Å². The molecule has 0 heterocycles. The first-order valence-electron chi connectivity index (χ1n) is 11.1. The van der Waals surface area contributed by atoms with E-state index < -0.39 is 29.6 Å². The Morgan fingerprint density at radius 3 is 2.18 bits per heavy atom. The quantitative estimate of drug-likeness (QED) is 0.539. The van der Waals surface area contributed by atoms with E-state index in [9.17, 15) is 19.5 Å². The summed E-state index contributed by atoms with van der Waals surface area (Å²) in [5, 5.41) is 14.6. The van der Waals surface area contributed by atoms with Crippen LogP contribution in [0.5, 0.6) is 0 Å². The topological polar surface area (TPSA) is 114 Å². The minimum Gasteiger partial charge on any atom is -0.480 e. The Balaban J connectivity index is 1.27. The Morgan fingerprint density at radius 2 is 1.67 bits per heavy atom. The van der Waals surface area contributed by atoms with E-state index in [2.05, 4.69) is 34.9 Å². The van der Waals surface area contributed by atoms with Gasteiger partial charge in [-0.15, -0.1) is 0 Å². The number of amides is 2. The molecular formula is C25H28N2O6. The molecule has 2 aliphatic rings. The molecule has 3 N–H and O–H groups in total. The first-order valence-corrected chi connectivity index (χ1v) is 11.1. The van der Waals surface area contributed by atoms with Gasteiger partial charge in [0.1, 0.15) is 18.2 Å². The average Bonchev–Trinajstić information content (AvgIpc) is 3.11. The van der Waals surface area contributed by atoms with Crippen LogP contribution in [-0.4, -0.2) is 55.0 Å². The van der Waals surface area contributed by atoms with Crippen molar-refractivity contribution in [2.45, 2.75) is 43.2 Å². The molecule has 0 saturated heterocycles. The van der Waals surface area contributed by atoms with Gasteiger partial charge in [0.15, 0.2) is 0 Å². The maximum Gasteiger partial charge on any atom is 0.407 e. The van der Waals surface area contributed by atoms with Crippen molar-refractivity contribution in [3.05, 3.63) is 59.7 Å². The summed E-state index contributed by atoms with van der Waals surface area (Å²) in [4.78, 5) is 36.2. The molecule has 2 aromatic rings. The van der Waals surface area contributed by atoms with E-state index >= 15 is 0 Å². The van der Waals surface area contributed by atoms with Crippen molar-refractivity contribution in [1.82, 2.24) is 10.6 Å². The van der Waals surface area contributed by atoms with Crippen LogP contribution in [-0.2, 0) is 19.1 Å². The summed E-state index contributed by atoms with van der Waals surface area (Å²) in [5.41, 5.74) is 3.37. The first-order chi connectivity index (χ1) is 15.9. The zero-order chi connectivity index (χ0) is 23.4. The molecule has 4 rings (SSSR count). The van der Waals surface area contributed by atoms with E-state index in [0.29, 0.717) is 12.8 Å². The molecule has 2 aliphatic carbocycles. The van der Waals surface area contributed by atoms with Gasteiger partial charge in [-0.25, -0.2) is 9.59 Å². The summed E-state index contributed by atoms with van der Waals surface area (Å²) >= 11 is 0. The highest BCUT2D eigenvalue weighted by Crippen LogP contribution is 2.44. The van der Waals surface area contributed by atoms with E-state index in [0.717, 1.165) is 28.7 Å². The van der Waals surface area contributed by atoms with Crippen molar-refractivity contribution < 1.29 is 29.0 Å². The zero-order valence-corrected chi connectivity index (χ0v) is 18.5. The number of methoxy groups -OCH3 is 1. The fourth-order valence-corrected chi connectivity index (χ4v) is 4.55. The normalized spacial score (nSPS) is 16.6. The van der Waals surface area contributed by atoms with E-state index in [1.807, 2.05) is 24.3 Å². The number of aliphatic carboxylic acids is 1. The molecule has 8 heteroatoms. The van der Waals surface area contributed by atoms with Crippen LogP contribution in [0.15, 0.2) is 48.5 Å². The molecule has 1 fully saturated rings. The third kappa shape index (κ3) is 4.57. The molecular weight excluding hydrogens is 424 g/mol. The fourth-order valence-electron chi connectivity index (χ4n) is 4.55. The van der Waals surface area contributed by atoms with Gasteiger partial charge in [0.2, 0.25) is 5.91 Å². The van der Waals surface area contributed by atoms with Crippen LogP contribution < -0.4 is 10.6 Å². The maximum absolute atomic E-state index is 12.5. The number of ether oxygens (including phenoxy) is 2. The molecule has 0 aromatic heterocycles. The number of hydrogen-bond acceptors (Lipinski definition) is 5. The number of alkyl carbamates (subject to hydrolysis) is 1. The molecule has 2 amide bonds. The number of carbonyl (C=O) groups excluding carboxylic acids is 2. The summed E-state index contributed by atoms with van der Waals surface area (Å²) in [5.74, 6) is -1.56. The third-order valence-corrected chi connectivity index (χ3v) is 6.58. The number of carbonyl (C=O) groups is 3. The number of hydrogen-bond donors (Lipinski definition) is 3. The smallest absolute Gasteiger partial charge is 0.407 e. The van der Waals surface area contributed by atoms with E-state index in [4.69, 9.17) is 9.47 Å². The van der Waals surface area contributed by atoms with Crippen LogP contribution >= 0.6 is 0 Å². The lowest BCUT2D eigenvalue weighted by atomic mass is 9.76. The van der Waals surface area contributed by atoms with Crippen LogP contribution in [0, 0.1) is 0 Å². The van der Waals surface area contributed by atoms with Gasteiger partial charge < -0.3 is 25.2 Å². The van der Waals surface area contributed by atoms with Gasteiger partial charge in [-0.3, -0.25) is 4.79 Å². The SMILES string of the molecule is COC(CCNC(=O)OCC1c2ccccc2-c2ccccc21)C(=O)NC1(C(=O)O)CCC1. The largest absolute Gasteiger partial charge is 0.480 e. The minimum atomic E-state index is -1.20. The summed E-state index contributed by atoms with van der Waals surface area (Å²) in [6.07, 6.45) is 0.324. The van der Waals surface area contributed by atoms with Crippen molar-refractivity contribution >= 4 is 18.0 Å². The molecule has 1 saturated carbocycles. The summed E-state index contributed by atoms with van der Waals surface area (Å²) in [6, 6.07) is 16.2. The second kappa shape index (κ2) is 9.62.